The van der Waals surface area contributed by atoms with Crippen molar-refractivity contribution >= 4 is 0 Å². The largest absolute Gasteiger partial charge is 0.469 e. The molecule has 17 heavy (non-hydrogen) atoms. The summed E-state index contributed by atoms with van der Waals surface area (Å²) in [5.74, 6) is 1.45. The molecule has 1 aromatic rings. The van der Waals surface area contributed by atoms with Gasteiger partial charge in [0.1, 0.15) is 11.9 Å². The van der Waals surface area contributed by atoms with Gasteiger partial charge in [0.15, 0.2) is 0 Å². The van der Waals surface area contributed by atoms with Crippen LogP contribution in [0.15, 0.2) is 6.20 Å². The SMILES string of the molecule is Cc1ncc(CNC2CC2)c(OC2COC2)n1. The Kier molecular flexibility index (Phi) is 2.94. The van der Waals surface area contributed by atoms with Crippen LogP contribution < -0.4 is 10.1 Å². The minimum Gasteiger partial charge on any atom is -0.469 e. The molecule has 5 heteroatoms. The molecule has 5 nitrogen and oxygen atoms in total. The molecule has 0 bridgehead atoms. The maximum Gasteiger partial charge on any atom is 0.221 e. The molecule has 0 aromatic carbocycles. The second-order valence-corrected chi connectivity index (χ2v) is 4.68. The monoisotopic (exact) mass is 235 g/mol. The predicted molar refractivity (Wildman–Crippen MR) is 61.9 cm³/mol. The van der Waals surface area contributed by atoms with Crippen molar-refractivity contribution < 1.29 is 9.47 Å². The van der Waals surface area contributed by atoms with E-state index in [4.69, 9.17) is 9.47 Å². The van der Waals surface area contributed by atoms with Crippen molar-refractivity contribution in [2.45, 2.75) is 38.5 Å². The zero-order chi connectivity index (χ0) is 11.7. The number of nitrogens with one attached hydrogen (secondary N) is 1. The summed E-state index contributed by atoms with van der Waals surface area (Å²) in [5.41, 5.74) is 1.04. The summed E-state index contributed by atoms with van der Waals surface area (Å²) in [7, 11) is 0. The fourth-order valence-corrected chi connectivity index (χ4v) is 1.68. The van der Waals surface area contributed by atoms with Gasteiger partial charge in [-0.05, 0) is 19.8 Å². The first-order chi connectivity index (χ1) is 8.31. The van der Waals surface area contributed by atoms with Crippen molar-refractivity contribution in [2.75, 3.05) is 13.2 Å². The van der Waals surface area contributed by atoms with E-state index in [2.05, 4.69) is 15.3 Å². The fraction of sp³-hybridized carbons (Fsp3) is 0.667. The Morgan fingerprint density at radius 2 is 2.29 bits per heavy atom. The predicted octanol–water partition coefficient (Wildman–Crippen LogP) is 0.815. The molecule has 0 atom stereocenters. The molecule has 1 saturated carbocycles. The third-order valence-electron chi connectivity index (χ3n) is 2.99. The molecule has 1 aliphatic heterocycles. The Hall–Kier alpha value is -1.20. The van der Waals surface area contributed by atoms with Gasteiger partial charge in [0.2, 0.25) is 5.88 Å². The molecule has 0 unspecified atom stereocenters. The van der Waals surface area contributed by atoms with E-state index in [0.29, 0.717) is 25.1 Å². The van der Waals surface area contributed by atoms with Crippen LogP contribution in [0.3, 0.4) is 0 Å². The highest BCUT2D eigenvalue weighted by Crippen LogP contribution is 2.22. The van der Waals surface area contributed by atoms with E-state index in [9.17, 15) is 0 Å². The molecule has 1 aliphatic carbocycles. The molecular weight excluding hydrogens is 218 g/mol. The number of aryl methyl sites for hydroxylation is 1. The van der Waals surface area contributed by atoms with E-state index >= 15 is 0 Å². The van der Waals surface area contributed by atoms with E-state index < -0.39 is 0 Å². The van der Waals surface area contributed by atoms with Gasteiger partial charge in [-0.15, -0.1) is 0 Å². The summed E-state index contributed by atoms with van der Waals surface area (Å²) in [6, 6.07) is 0.677. The van der Waals surface area contributed by atoms with Gasteiger partial charge in [0.25, 0.3) is 0 Å². The second-order valence-electron chi connectivity index (χ2n) is 4.68. The number of aromatic nitrogens is 2. The third kappa shape index (κ3) is 2.73. The third-order valence-corrected chi connectivity index (χ3v) is 2.99. The molecule has 2 heterocycles. The van der Waals surface area contributed by atoms with Gasteiger partial charge in [-0.3, -0.25) is 0 Å². The van der Waals surface area contributed by atoms with Gasteiger partial charge in [-0.1, -0.05) is 0 Å². The molecular formula is C12H17N3O2. The topological polar surface area (TPSA) is 56.3 Å². The van der Waals surface area contributed by atoms with Crippen LogP contribution in [0.4, 0.5) is 0 Å². The van der Waals surface area contributed by atoms with Crippen LogP contribution in [0, 0.1) is 6.92 Å². The maximum absolute atomic E-state index is 5.80. The number of hydrogen-bond donors (Lipinski definition) is 1. The van der Waals surface area contributed by atoms with Gasteiger partial charge in [-0.2, -0.15) is 4.98 Å². The lowest BCUT2D eigenvalue weighted by Crippen LogP contribution is -2.39. The van der Waals surface area contributed by atoms with Crippen molar-refractivity contribution in [3.05, 3.63) is 17.6 Å². The Bertz CT molecular complexity index is 403. The van der Waals surface area contributed by atoms with E-state index in [-0.39, 0.29) is 6.10 Å². The van der Waals surface area contributed by atoms with Crippen LogP contribution in [-0.4, -0.2) is 35.3 Å². The number of hydrogen-bond acceptors (Lipinski definition) is 5. The first-order valence-corrected chi connectivity index (χ1v) is 6.11. The average molecular weight is 235 g/mol. The Balaban J connectivity index is 1.69. The van der Waals surface area contributed by atoms with Crippen LogP contribution >= 0.6 is 0 Å². The zero-order valence-corrected chi connectivity index (χ0v) is 9.98. The Morgan fingerprint density at radius 1 is 1.47 bits per heavy atom. The molecule has 0 spiro atoms. The first kappa shape index (κ1) is 10.9. The van der Waals surface area contributed by atoms with Crippen LogP contribution in [0.1, 0.15) is 24.2 Å². The van der Waals surface area contributed by atoms with Crippen molar-refractivity contribution in [3.63, 3.8) is 0 Å². The summed E-state index contributed by atoms with van der Waals surface area (Å²) in [6.45, 7) is 3.99. The standard InChI is InChI=1S/C12H17N3O2/c1-8-13-4-9(5-14-10-2-3-10)12(15-8)17-11-6-16-7-11/h4,10-11,14H,2-3,5-7H2,1H3. The van der Waals surface area contributed by atoms with Crippen molar-refractivity contribution in [1.29, 1.82) is 0 Å². The summed E-state index contributed by atoms with van der Waals surface area (Å²) < 4.78 is 10.9. The van der Waals surface area contributed by atoms with Crippen LogP contribution in [0.25, 0.3) is 0 Å². The molecule has 2 aliphatic rings. The van der Waals surface area contributed by atoms with Gasteiger partial charge < -0.3 is 14.8 Å². The highest BCUT2D eigenvalue weighted by Gasteiger charge is 2.24. The van der Waals surface area contributed by atoms with Gasteiger partial charge in [0.05, 0.1) is 13.2 Å². The summed E-state index contributed by atoms with van der Waals surface area (Å²) >= 11 is 0. The molecule has 1 aromatic heterocycles. The molecule has 0 radical (unpaired) electrons. The quantitative estimate of drug-likeness (QED) is 0.818. The fourth-order valence-electron chi connectivity index (χ4n) is 1.68. The van der Waals surface area contributed by atoms with Crippen LogP contribution in [-0.2, 0) is 11.3 Å². The minimum atomic E-state index is 0.156. The van der Waals surface area contributed by atoms with E-state index in [1.165, 1.54) is 12.8 Å². The van der Waals surface area contributed by atoms with Gasteiger partial charge in [0, 0.05) is 24.3 Å². The van der Waals surface area contributed by atoms with Crippen molar-refractivity contribution in [3.8, 4) is 5.88 Å². The van der Waals surface area contributed by atoms with E-state index in [1.54, 1.807) is 0 Å². The zero-order valence-electron chi connectivity index (χ0n) is 9.98. The molecule has 1 saturated heterocycles. The Labute approximate surface area is 101 Å². The highest BCUT2D eigenvalue weighted by atomic mass is 16.6. The first-order valence-electron chi connectivity index (χ1n) is 6.11. The van der Waals surface area contributed by atoms with E-state index in [0.717, 1.165) is 17.9 Å². The van der Waals surface area contributed by atoms with E-state index in [1.807, 2.05) is 13.1 Å². The summed E-state index contributed by atoms with van der Waals surface area (Å²) in [6.07, 6.45) is 4.56. The lowest BCUT2D eigenvalue weighted by molar-refractivity contribution is -0.0818. The lowest BCUT2D eigenvalue weighted by Gasteiger charge is -2.27. The van der Waals surface area contributed by atoms with Crippen molar-refractivity contribution in [2.24, 2.45) is 0 Å². The second kappa shape index (κ2) is 4.58. The van der Waals surface area contributed by atoms with Crippen LogP contribution in [0.2, 0.25) is 0 Å². The number of nitrogens with zero attached hydrogens (tertiary/aromatic N) is 2. The smallest absolute Gasteiger partial charge is 0.221 e. The average Bonchev–Trinajstić information content (AvgIpc) is 3.06. The molecule has 0 amide bonds. The van der Waals surface area contributed by atoms with Crippen LogP contribution in [0.5, 0.6) is 5.88 Å². The van der Waals surface area contributed by atoms with Gasteiger partial charge >= 0.3 is 0 Å². The molecule has 1 N–H and O–H groups in total. The highest BCUT2D eigenvalue weighted by molar-refractivity contribution is 5.24. The van der Waals surface area contributed by atoms with Gasteiger partial charge in [-0.25, -0.2) is 4.98 Å². The van der Waals surface area contributed by atoms with Crippen molar-refractivity contribution in [1.82, 2.24) is 15.3 Å². The Morgan fingerprint density at radius 3 is 2.94 bits per heavy atom. The minimum absolute atomic E-state index is 0.156. The molecule has 92 valence electrons. The molecule has 2 fully saturated rings. The number of ether oxygens (including phenoxy) is 2. The maximum atomic E-state index is 5.80. The summed E-state index contributed by atoms with van der Waals surface area (Å²) in [4.78, 5) is 8.59. The molecule has 3 rings (SSSR count). The summed E-state index contributed by atoms with van der Waals surface area (Å²) in [5, 5.41) is 3.45. The normalized spacial score (nSPS) is 20.1. The lowest BCUT2D eigenvalue weighted by atomic mass is 10.3. The number of rotatable bonds is 5.